The van der Waals surface area contributed by atoms with Crippen LogP contribution >= 0.6 is 7.82 Å². The molecule has 0 radical (unpaired) electrons. The second-order valence-corrected chi connectivity index (χ2v) is 13.2. The van der Waals surface area contributed by atoms with Crippen molar-refractivity contribution in [2.24, 2.45) is 0 Å². The molecule has 0 bridgehead atoms. The van der Waals surface area contributed by atoms with E-state index in [2.05, 4.69) is 103 Å². The maximum atomic E-state index is 12.4. The van der Waals surface area contributed by atoms with E-state index in [1.54, 1.807) is 12.2 Å². The molecular formula is C43H65O9P. The highest BCUT2D eigenvalue weighted by Crippen LogP contribution is 2.35. The van der Waals surface area contributed by atoms with Crippen LogP contribution < -0.4 is 0 Å². The second kappa shape index (κ2) is 36.8. The monoisotopic (exact) mass is 756 g/mol. The van der Waals surface area contributed by atoms with Crippen LogP contribution in [0.4, 0.5) is 0 Å². The van der Waals surface area contributed by atoms with Crippen molar-refractivity contribution in [3.8, 4) is 0 Å². The Morgan fingerprint density at radius 1 is 0.585 bits per heavy atom. The minimum atomic E-state index is -4.82. The molecule has 2 atom stereocenters. The SMILES string of the molecule is CC/C=C\C/C=C\C/C=C\C/C=C\C=C\C(O)CCCC(=O)OC[C@H](COP(=O)(O)O)OC(=O)CCC/C=C\C/C=C\C/C=C\C/C=C\C/C=C\CC. The normalized spacial score (nSPS) is 14.4. The number of aliphatic hydroxyl groups excluding tert-OH is 1. The first kappa shape index (κ1) is 49.4. The molecule has 0 heterocycles. The van der Waals surface area contributed by atoms with Crippen molar-refractivity contribution in [3.05, 3.63) is 122 Å². The summed E-state index contributed by atoms with van der Waals surface area (Å²) in [5, 5.41) is 10.2. The number of hydrogen-bond donors (Lipinski definition) is 3. The van der Waals surface area contributed by atoms with Crippen molar-refractivity contribution in [2.45, 2.75) is 122 Å². The van der Waals surface area contributed by atoms with Crippen molar-refractivity contribution in [1.29, 1.82) is 0 Å². The molecule has 0 aromatic rings. The van der Waals surface area contributed by atoms with Gasteiger partial charge in [-0.25, -0.2) is 4.57 Å². The average molecular weight is 757 g/mol. The molecule has 10 heteroatoms. The Labute approximate surface area is 319 Å². The zero-order valence-corrected chi connectivity index (χ0v) is 32.9. The minimum Gasteiger partial charge on any atom is -0.462 e. The van der Waals surface area contributed by atoms with Crippen LogP contribution in [0.1, 0.15) is 110 Å². The van der Waals surface area contributed by atoms with Crippen LogP contribution in [0.15, 0.2) is 122 Å². The summed E-state index contributed by atoms with van der Waals surface area (Å²) in [5.41, 5.74) is 0. The molecule has 0 rings (SSSR count). The van der Waals surface area contributed by atoms with Gasteiger partial charge in [0.1, 0.15) is 6.61 Å². The largest absolute Gasteiger partial charge is 0.469 e. The highest BCUT2D eigenvalue weighted by atomic mass is 31.2. The van der Waals surface area contributed by atoms with Crippen molar-refractivity contribution in [2.75, 3.05) is 13.2 Å². The number of ether oxygens (including phenoxy) is 2. The van der Waals surface area contributed by atoms with Crippen molar-refractivity contribution >= 4 is 19.8 Å². The number of rotatable bonds is 32. The summed E-state index contributed by atoms with van der Waals surface area (Å²) in [6.07, 6.45) is 49.6. The van der Waals surface area contributed by atoms with E-state index in [0.29, 0.717) is 25.7 Å². The molecule has 0 spiro atoms. The standard InChI is InChI=1S/C43H65O9P/c1-3-5-7-9-11-13-15-17-18-19-20-22-24-26-28-30-32-36-43(46)52-41(39-51-53(47,48)49)38-50-42(45)37-33-35-40(44)34-31-29-27-25-23-21-16-14-12-10-8-6-4-2/h5-8,11-14,17-18,20-23,26-29,31,34,40-41,44H,3-4,9-10,15-16,19,24-25,30,32-33,35-39H2,1-2H3,(H2,47,48,49)/b7-5-,8-6-,13-11-,14-12-,18-17-,22-20-,23-21-,28-26-,29-27-,34-31+/t40?,41-/m1/s1. The van der Waals surface area contributed by atoms with Gasteiger partial charge in [-0.1, -0.05) is 135 Å². The molecule has 0 fully saturated rings. The van der Waals surface area contributed by atoms with Gasteiger partial charge in [0.15, 0.2) is 6.10 Å². The van der Waals surface area contributed by atoms with Gasteiger partial charge in [0.05, 0.1) is 12.7 Å². The number of esters is 2. The van der Waals surface area contributed by atoms with Gasteiger partial charge in [-0.2, -0.15) is 0 Å². The third-order valence-electron chi connectivity index (χ3n) is 7.08. The van der Waals surface area contributed by atoms with Crippen LogP contribution in [0.5, 0.6) is 0 Å². The fraction of sp³-hybridized carbons (Fsp3) is 0.488. The Balaban J connectivity index is 4.31. The lowest BCUT2D eigenvalue weighted by atomic mass is 10.1. The Kier molecular flexibility index (Phi) is 34.3. The molecule has 0 aromatic heterocycles. The summed E-state index contributed by atoms with van der Waals surface area (Å²) < 4.78 is 26.1. The lowest BCUT2D eigenvalue weighted by Crippen LogP contribution is -2.29. The van der Waals surface area contributed by atoms with E-state index in [4.69, 9.17) is 19.3 Å². The zero-order valence-electron chi connectivity index (χ0n) is 32.0. The molecule has 53 heavy (non-hydrogen) atoms. The molecular weight excluding hydrogens is 691 g/mol. The van der Waals surface area contributed by atoms with Crippen LogP contribution in [0, 0.1) is 0 Å². The smallest absolute Gasteiger partial charge is 0.462 e. The first-order valence-corrected chi connectivity index (χ1v) is 20.5. The number of unbranched alkanes of at least 4 members (excludes halogenated alkanes) is 1. The molecule has 9 nitrogen and oxygen atoms in total. The van der Waals surface area contributed by atoms with E-state index in [9.17, 15) is 19.3 Å². The van der Waals surface area contributed by atoms with Crippen LogP contribution in [0.3, 0.4) is 0 Å². The Bertz CT molecular complexity index is 1280. The first-order chi connectivity index (χ1) is 25.7. The molecule has 0 saturated carbocycles. The Morgan fingerprint density at radius 2 is 1.04 bits per heavy atom. The first-order valence-electron chi connectivity index (χ1n) is 18.9. The summed E-state index contributed by atoms with van der Waals surface area (Å²) in [6.45, 7) is 3.20. The lowest BCUT2D eigenvalue weighted by molar-refractivity contribution is -0.161. The van der Waals surface area contributed by atoms with Crippen molar-refractivity contribution < 1.29 is 43.0 Å². The summed E-state index contributed by atoms with van der Waals surface area (Å²) in [7, 11) is -4.82. The van der Waals surface area contributed by atoms with Crippen LogP contribution in [0.25, 0.3) is 0 Å². The van der Waals surface area contributed by atoms with Crippen LogP contribution in [-0.4, -0.2) is 52.3 Å². The molecule has 1 unspecified atom stereocenters. The summed E-state index contributed by atoms with van der Waals surface area (Å²) >= 11 is 0. The van der Waals surface area contributed by atoms with Gasteiger partial charge in [0, 0.05) is 12.8 Å². The minimum absolute atomic E-state index is 0.0160. The second-order valence-electron chi connectivity index (χ2n) is 12.0. The Hall–Kier alpha value is -3.59. The lowest BCUT2D eigenvalue weighted by Gasteiger charge is -2.18. The number of allylic oxidation sites excluding steroid dienone is 19. The topological polar surface area (TPSA) is 140 Å². The highest BCUT2D eigenvalue weighted by Gasteiger charge is 2.22. The molecule has 296 valence electrons. The van der Waals surface area contributed by atoms with E-state index in [0.717, 1.165) is 57.8 Å². The molecule has 3 N–H and O–H groups in total. The number of hydrogen-bond acceptors (Lipinski definition) is 7. The van der Waals surface area contributed by atoms with Crippen LogP contribution in [0.2, 0.25) is 0 Å². The Morgan fingerprint density at radius 3 is 1.53 bits per heavy atom. The summed E-state index contributed by atoms with van der Waals surface area (Å²) in [6, 6.07) is 0. The third kappa shape index (κ3) is 39.5. The molecule has 0 aromatic carbocycles. The fourth-order valence-corrected chi connectivity index (χ4v) is 4.68. The molecule has 0 aliphatic heterocycles. The predicted molar refractivity (Wildman–Crippen MR) is 217 cm³/mol. The number of carbonyl (C=O) groups excluding carboxylic acids is 2. The highest BCUT2D eigenvalue weighted by molar-refractivity contribution is 7.46. The zero-order chi connectivity index (χ0) is 39.1. The number of phosphoric ester groups is 1. The maximum Gasteiger partial charge on any atom is 0.469 e. The van der Waals surface area contributed by atoms with Gasteiger partial charge >= 0.3 is 19.8 Å². The average Bonchev–Trinajstić information content (AvgIpc) is 3.12. The van der Waals surface area contributed by atoms with Crippen molar-refractivity contribution in [3.63, 3.8) is 0 Å². The quantitative estimate of drug-likeness (QED) is 0.0201. The third-order valence-corrected chi connectivity index (χ3v) is 7.57. The van der Waals surface area contributed by atoms with E-state index in [1.165, 1.54) is 0 Å². The summed E-state index contributed by atoms with van der Waals surface area (Å²) in [5.74, 6) is -1.17. The van der Waals surface area contributed by atoms with E-state index >= 15 is 0 Å². The van der Waals surface area contributed by atoms with E-state index < -0.39 is 45.2 Å². The number of phosphoric acid groups is 1. The van der Waals surface area contributed by atoms with Crippen molar-refractivity contribution in [1.82, 2.24) is 0 Å². The molecule has 0 aliphatic rings. The van der Waals surface area contributed by atoms with Gasteiger partial charge in [-0.3, -0.25) is 14.1 Å². The van der Waals surface area contributed by atoms with Gasteiger partial charge in [0.2, 0.25) is 0 Å². The number of carbonyl (C=O) groups is 2. The van der Waals surface area contributed by atoms with Gasteiger partial charge in [0.25, 0.3) is 0 Å². The summed E-state index contributed by atoms with van der Waals surface area (Å²) in [4.78, 5) is 42.7. The van der Waals surface area contributed by atoms with E-state index in [1.807, 2.05) is 24.3 Å². The maximum absolute atomic E-state index is 12.4. The van der Waals surface area contributed by atoms with Gasteiger partial charge < -0.3 is 24.4 Å². The van der Waals surface area contributed by atoms with E-state index in [-0.39, 0.29) is 12.8 Å². The molecule has 0 aliphatic carbocycles. The van der Waals surface area contributed by atoms with Gasteiger partial charge in [-0.15, -0.1) is 0 Å². The van der Waals surface area contributed by atoms with Gasteiger partial charge in [-0.05, 0) is 83.5 Å². The predicted octanol–water partition coefficient (Wildman–Crippen LogP) is 10.4. The van der Waals surface area contributed by atoms with Crippen LogP contribution in [-0.2, 0) is 28.2 Å². The molecule has 0 saturated heterocycles. The molecule has 0 amide bonds. The fourth-order valence-electron chi connectivity index (χ4n) is 4.32. The number of aliphatic hydroxyl groups is 1.